The molecule has 1 aromatic rings. The minimum Gasteiger partial charge on any atom is -0.449 e. The van der Waals surface area contributed by atoms with E-state index in [4.69, 9.17) is 4.12 Å². The second-order valence-electron chi connectivity index (χ2n) is 5.14. The fraction of sp³-hybridized carbons (Fsp3) is 0.333. The fourth-order valence-corrected chi connectivity index (χ4v) is 12.4. The molecule has 0 amide bonds. The van der Waals surface area contributed by atoms with Gasteiger partial charge in [-0.15, -0.1) is 0 Å². The molecule has 3 heteroatoms. The third kappa shape index (κ3) is 2.14. The van der Waals surface area contributed by atoms with Crippen molar-refractivity contribution in [3.8, 4) is 0 Å². The number of hydrogen-bond donors (Lipinski definition) is 0. The Morgan fingerprint density at radius 1 is 0.933 bits per heavy atom. The first kappa shape index (κ1) is 10.9. The first-order valence-electron chi connectivity index (χ1n) is 5.40. The molecule has 1 heterocycles. The molecule has 0 aromatic heterocycles. The molecule has 0 atom stereocenters. The molecule has 1 nitrogen and oxygen atoms in total. The third-order valence-electron chi connectivity index (χ3n) is 2.74. The molecule has 0 fully saturated rings. The lowest BCUT2D eigenvalue weighted by Crippen LogP contribution is -2.36. The Bertz CT molecular complexity index is 393. The zero-order valence-electron chi connectivity index (χ0n) is 9.87. The zero-order chi connectivity index (χ0) is 11.1. The van der Waals surface area contributed by atoms with Crippen molar-refractivity contribution in [1.29, 1.82) is 0 Å². The summed E-state index contributed by atoms with van der Waals surface area (Å²) in [5, 5.41) is 1.49. The first-order valence-corrected chi connectivity index (χ1v) is 11.3. The molecule has 0 unspecified atom stereocenters. The Hall–Kier alpha value is -0.646. The zero-order valence-corrected chi connectivity index (χ0v) is 11.9. The van der Waals surface area contributed by atoms with Gasteiger partial charge in [0, 0.05) is 0 Å². The summed E-state index contributed by atoms with van der Waals surface area (Å²) in [5.74, 6) is 0. The van der Waals surface area contributed by atoms with Crippen molar-refractivity contribution in [3.63, 3.8) is 0 Å². The average molecular weight is 234 g/mol. The van der Waals surface area contributed by atoms with E-state index in [-0.39, 0.29) is 0 Å². The largest absolute Gasteiger partial charge is 0.449 e. The minimum absolute atomic E-state index is 1.35. The van der Waals surface area contributed by atoms with Gasteiger partial charge in [0.05, 0.1) is 0 Å². The number of benzene rings is 1. The van der Waals surface area contributed by atoms with Crippen molar-refractivity contribution >= 4 is 21.8 Å². The van der Waals surface area contributed by atoms with E-state index in [9.17, 15) is 0 Å². The normalized spacial score (nSPS) is 22.5. The van der Waals surface area contributed by atoms with Crippen LogP contribution in [0.4, 0.5) is 0 Å². The van der Waals surface area contributed by atoms with Crippen LogP contribution < -0.4 is 0 Å². The van der Waals surface area contributed by atoms with Gasteiger partial charge in [-0.25, -0.2) is 0 Å². The lowest BCUT2D eigenvalue weighted by atomic mass is 10.2. The van der Waals surface area contributed by atoms with Gasteiger partial charge in [0.1, 0.15) is 0 Å². The van der Waals surface area contributed by atoms with Crippen molar-refractivity contribution in [3.05, 3.63) is 41.6 Å². The Morgan fingerprint density at radius 2 is 1.53 bits per heavy atom. The molecule has 1 aliphatic rings. The molecule has 0 aliphatic carbocycles. The molecular weight excluding hydrogens is 216 g/mol. The van der Waals surface area contributed by atoms with Crippen LogP contribution in [0, 0.1) is 0 Å². The molecule has 0 spiro atoms. The van der Waals surface area contributed by atoms with E-state index in [0.29, 0.717) is 0 Å². The predicted octanol–water partition coefficient (Wildman–Crippen LogP) is 3.59. The Morgan fingerprint density at radius 3 is 2.00 bits per heavy atom. The number of rotatable bonds is 1. The van der Waals surface area contributed by atoms with Crippen LogP contribution in [0.1, 0.15) is 5.56 Å². The van der Waals surface area contributed by atoms with Gasteiger partial charge in [0.2, 0.25) is 8.32 Å². The SMILES string of the molecule is C[Si]1(C)C=C(c2ccccc2)[Si](C)(C)O1. The van der Waals surface area contributed by atoms with Crippen molar-refractivity contribution in [2.24, 2.45) is 0 Å². The Labute approximate surface area is 94.0 Å². The molecule has 80 valence electrons. The molecule has 0 N–H and O–H groups in total. The van der Waals surface area contributed by atoms with Gasteiger partial charge in [-0.2, -0.15) is 0 Å². The van der Waals surface area contributed by atoms with Crippen LogP contribution in [0.5, 0.6) is 0 Å². The summed E-state index contributed by atoms with van der Waals surface area (Å²) < 4.78 is 6.29. The van der Waals surface area contributed by atoms with E-state index in [1.165, 1.54) is 10.8 Å². The second kappa shape index (κ2) is 3.44. The van der Waals surface area contributed by atoms with Crippen molar-refractivity contribution < 1.29 is 4.12 Å². The van der Waals surface area contributed by atoms with Crippen LogP contribution in [-0.4, -0.2) is 16.6 Å². The summed E-state index contributed by atoms with van der Waals surface area (Å²) in [5.41, 5.74) is 3.78. The lowest BCUT2D eigenvalue weighted by molar-refractivity contribution is 0.582. The monoisotopic (exact) mass is 234 g/mol. The summed E-state index contributed by atoms with van der Waals surface area (Å²) in [6.07, 6.45) is 0. The third-order valence-corrected chi connectivity index (χ3v) is 9.89. The van der Waals surface area contributed by atoms with Gasteiger partial charge in [-0.1, -0.05) is 36.0 Å². The van der Waals surface area contributed by atoms with Gasteiger partial charge in [-0.3, -0.25) is 0 Å². The average Bonchev–Trinajstić information content (AvgIpc) is 2.36. The topological polar surface area (TPSA) is 9.23 Å². The molecule has 2 rings (SSSR count). The molecule has 0 saturated heterocycles. The number of hydrogen-bond acceptors (Lipinski definition) is 1. The highest BCUT2D eigenvalue weighted by atomic mass is 28.4. The molecule has 0 bridgehead atoms. The van der Waals surface area contributed by atoms with E-state index in [0.717, 1.165) is 0 Å². The molecule has 0 saturated carbocycles. The first-order chi connectivity index (χ1) is 6.91. The van der Waals surface area contributed by atoms with Crippen LogP contribution in [0.2, 0.25) is 26.2 Å². The van der Waals surface area contributed by atoms with Crippen LogP contribution in [-0.2, 0) is 4.12 Å². The van der Waals surface area contributed by atoms with Gasteiger partial charge < -0.3 is 4.12 Å². The van der Waals surface area contributed by atoms with Gasteiger partial charge in [0.15, 0.2) is 8.32 Å². The van der Waals surface area contributed by atoms with E-state index in [2.05, 4.69) is 62.2 Å². The van der Waals surface area contributed by atoms with E-state index in [1.807, 2.05) is 0 Å². The second-order valence-corrected chi connectivity index (χ2v) is 13.0. The summed E-state index contributed by atoms with van der Waals surface area (Å²) in [4.78, 5) is 0. The van der Waals surface area contributed by atoms with Gasteiger partial charge >= 0.3 is 0 Å². The summed E-state index contributed by atoms with van der Waals surface area (Å²) in [6, 6.07) is 10.7. The van der Waals surface area contributed by atoms with Crippen LogP contribution in [0.15, 0.2) is 36.0 Å². The molecule has 0 radical (unpaired) electrons. The van der Waals surface area contributed by atoms with Crippen molar-refractivity contribution in [1.82, 2.24) is 0 Å². The van der Waals surface area contributed by atoms with Gasteiger partial charge in [-0.05, 0) is 36.9 Å². The summed E-state index contributed by atoms with van der Waals surface area (Å²) in [7, 11) is -3.14. The molecule has 1 aromatic carbocycles. The maximum absolute atomic E-state index is 6.29. The maximum atomic E-state index is 6.29. The smallest absolute Gasteiger partial charge is 0.206 e. The van der Waals surface area contributed by atoms with Crippen molar-refractivity contribution in [2.75, 3.05) is 0 Å². The Balaban J connectivity index is 2.45. The predicted molar refractivity (Wildman–Crippen MR) is 70.5 cm³/mol. The highest BCUT2D eigenvalue weighted by molar-refractivity contribution is 7.03. The van der Waals surface area contributed by atoms with Crippen LogP contribution >= 0.6 is 0 Å². The quantitative estimate of drug-likeness (QED) is 0.675. The van der Waals surface area contributed by atoms with Crippen LogP contribution in [0.3, 0.4) is 0 Å². The lowest BCUT2D eigenvalue weighted by Gasteiger charge is -2.24. The van der Waals surface area contributed by atoms with Crippen molar-refractivity contribution in [2.45, 2.75) is 26.2 Å². The fourth-order valence-electron chi connectivity index (χ4n) is 2.31. The van der Waals surface area contributed by atoms with E-state index < -0.39 is 16.6 Å². The summed E-state index contributed by atoms with van der Waals surface area (Å²) >= 11 is 0. The highest BCUT2D eigenvalue weighted by Gasteiger charge is 2.42. The minimum atomic E-state index is -1.62. The van der Waals surface area contributed by atoms with E-state index in [1.54, 1.807) is 0 Å². The summed E-state index contributed by atoms with van der Waals surface area (Å²) in [6.45, 7) is 9.15. The molecule has 15 heavy (non-hydrogen) atoms. The molecule has 1 aliphatic heterocycles. The van der Waals surface area contributed by atoms with Crippen LogP contribution in [0.25, 0.3) is 5.20 Å². The molecular formula is C12H18OSi2. The maximum Gasteiger partial charge on any atom is 0.206 e. The van der Waals surface area contributed by atoms with E-state index >= 15 is 0 Å². The Kier molecular flexibility index (Phi) is 2.49. The van der Waals surface area contributed by atoms with Gasteiger partial charge in [0.25, 0.3) is 0 Å². The highest BCUT2D eigenvalue weighted by Crippen LogP contribution is 2.36. The standard InChI is InChI=1S/C12H18OSi2/c1-14(2)10-12(15(3,4)13-14)11-8-6-5-7-9-11/h5-10H,1-4H3.